The largest absolute Gasteiger partial charge is 1.00 e. The monoisotopic (exact) mass is 1210 g/mol. The number of aromatic nitrogens is 4. The summed E-state index contributed by atoms with van der Waals surface area (Å²) >= 11 is 0. The van der Waals surface area contributed by atoms with Crippen molar-refractivity contribution in [1.29, 1.82) is 10.5 Å². The van der Waals surface area contributed by atoms with Gasteiger partial charge in [0.25, 0.3) is 18.3 Å². The Morgan fingerprint density at radius 2 is 1.10 bits per heavy atom. The molecule has 0 radical (unpaired) electrons. The Kier molecular flexibility index (Phi) is 24.0. The number of hydrogen-bond donors (Lipinski definition) is 3. The van der Waals surface area contributed by atoms with Crippen LogP contribution in [0.3, 0.4) is 0 Å². The number of hydrogen-bond acceptors (Lipinski definition) is 11. The summed E-state index contributed by atoms with van der Waals surface area (Å²) in [5, 5.41) is 44.2. The number of benzene rings is 4. The quantitative estimate of drug-likeness (QED) is 0.114. The number of aromatic amines is 2. The minimum absolute atomic E-state index is 0. The van der Waals surface area contributed by atoms with E-state index in [1.165, 1.54) is 43.2 Å². The molecule has 4 fully saturated rings. The van der Waals surface area contributed by atoms with Crippen LogP contribution in [0.15, 0.2) is 72.8 Å². The average Bonchev–Trinajstić information content (AvgIpc) is 3.79. The normalized spacial score (nSPS) is 14.2. The summed E-state index contributed by atoms with van der Waals surface area (Å²) in [7, 11) is 0. The number of nitriles is 2. The summed E-state index contributed by atoms with van der Waals surface area (Å²) < 4.78 is 14.6. The van der Waals surface area contributed by atoms with Crippen LogP contribution in [0.2, 0.25) is 0 Å². The maximum atomic E-state index is 14.6. The summed E-state index contributed by atoms with van der Waals surface area (Å²) in [4.78, 5) is 43.8. The Hall–Kier alpha value is -3.56. The fraction of sp³-hybridized carbons (Fsp3) is 0.352. The van der Waals surface area contributed by atoms with E-state index < -0.39 is 0 Å². The molecule has 4 aliphatic heterocycles. The molecule has 3 N–H and O–H groups in total. The summed E-state index contributed by atoms with van der Waals surface area (Å²) in [6, 6.07) is 26.6. The van der Waals surface area contributed by atoms with E-state index in [0.717, 1.165) is 63.6 Å². The topological polar surface area (TPSA) is 210 Å². The fourth-order valence-electron chi connectivity index (χ4n) is 8.40. The number of carbonyl (C=O) groups is 3. The van der Waals surface area contributed by atoms with Crippen LogP contribution in [0.4, 0.5) is 10.1 Å². The number of nitrogens with zero attached hydrogens (tertiary/aromatic N) is 7. The zero-order chi connectivity index (χ0) is 49.4. The van der Waals surface area contributed by atoms with E-state index in [-0.39, 0.29) is 177 Å². The van der Waals surface area contributed by atoms with E-state index in [2.05, 4.69) is 60.6 Å². The van der Waals surface area contributed by atoms with Crippen molar-refractivity contribution in [3.8, 4) is 34.7 Å². The third-order valence-corrected chi connectivity index (χ3v) is 13.4. The molecule has 6 heterocycles. The van der Waals surface area contributed by atoms with Gasteiger partial charge in [-0.3, -0.25) is 24.6 Å². The molecule has 0 spiro atoms. The van der Waals surface area contributed by atoms with Crippen LogP contribution in [-0.2, 0) is 9.68 Å². The number of anilines is 1. The number of nitrogens with one attached hydrogen (secondary N) is 3. The maximum Gasteiger partial charge on any atom is 1.00 e. The SMILES string of the molecule is C.C1CNC1.Cc1cc(F)c(-c2n[nH]c(C)c2C)cc1C(=O)N1CC(c2ccc(C#N)cc2)C1.Cc1cc(N2CCC2)c(-c2n[nH]c(C)c2C)cc1C(=O)N1CC(c2ccc(C#N)cc2)C1.O=CO[O-].[Cs+].[Cs+].[H-]. The molecule has 18 heteroatoms. The first kappa shape index (κ1) is 61.0. The van der Waals surface area contributed by atoms with Gasteiger partial charge in [0.15, 0.2) is 0 Å². The van der Waals surface area contributed by atoms with Crippen molar-refractivity contribution in [2.75, 3.05) is 57.3 Å². The molecule has 366 valence electrons. The molecule has 2 amide bonds. The van der Waals surface area contributed by atoms with Gasteiger partial charge in [-0.15, -0.1) is 0 Å². The first-order chi connectivity index (χ1) is 33.3. The standard InChI is InChI=1S/C26H27N5O.C23H21FN4O.C3H7N.CH2O3.CH4.2Cs.H/c1-16-11-24(30-9-4-10-30)23(25-17(2)18(3)28-29-25)12-22(16)26(32)31-14-21(15-31)20-7-5-19(13-27)6-8-20;1-13-8-21(24)20(22-14(2)15(3)26-27-22)9-19(13)23(29)28-11-18(12-28)17-6-4-16(10-25)5-7-17;1-2-4-3-1;2-1-4-3;;;;/h5-8,11-12,21H,4,9-10,14-15H2,1-3H3,(H,28,29);4-9,18H,11-12H2,1-3H3,(H,26,27);4H,1-3H2;1,3H;1H4;;;/q;;;;;2*+1;-1/p-1. The molecule has 72 heavy (non-hydrogen) atoms. The Labute approximate surface area is 540 Å². The van der Waals surface area contributed by atoms with Crippen LogP contribution in [0.5, 0.6) is 0 Å². The molecule has 15 nitrogen and oxygen atoms in total. The van der Waals surface area contributed by atoms with Gasteiger partial charge in [-0.25, -0.2) is 4.39 Å². The molecular weight excluding hydrogens is 1150 g/mol. The molecule has 6 aromatic rings. The Morgan fingerprint density at radius 3 is 1.43 bits per heavy atom. The first-order valence-electron chi connectivity index (χ1n) is 23.0. The second kappa shape index (κ2) is 28.4. The van der Waals surface area contributed by atoms with Gasteiger partial charge in [0, 0.05) is 90.4 Å². The Bertz CT molecular complexity index is 2910. The number of amides is 2. The van der Waals surface area contributed by atoms with Gasteiger partial charge in [0.2, 0.25) is 0 Å². The third kappa shape index (κ3) is 14.2. The van der Waals surface area contributed by atoms with Crippen molar-refractivity contribution in [3.63, 3.8) is 0 Å². The molecule has 4 aromatic carbocycles. The van der Waals surface area contributed by atoms with Crippen LogP contribution < -0.4 is 153 Å². The van der Waals surface area contributed by atoms with Gasteiger partial charge in [0.1, 0.15) is 5.82 Å². The number of rotatable bonds is 8. The van der Waals surface area contributed by atoms with Gasteiger partial charge in [-0.05, 0) is 149 Å². The van der Waals surface area contributed by atoms with Crippen molar-refractivity contribution in [2.45, 2.75) is 73.6 Å². The van der Waals surface area contributed by atoms with E-state index in [4.69, 9.17) is 20.6 Å². The summed E-state index contributed by atoms with van der Waals surface area (Å²) in [5.41, 5.74) is 14.4. The van der Waals surface area contributed by atoms with Crippen molar-refractivity contribution in [2.24, 2.45) is 0 Å². The molecule has 0 atom stereocenters. The molecule has 0 aliphatic carbocycles. The van der Waals surface area contributed by atoms with E-state index in [9.17, 15) is 14.0 Å². The molecular formula is C54H61Cs2FN10O5. The number of carbonyl (C=O) groups excluding carboxylic acids is 3. The van der Waals surface area contributed by atoms with Crippen molar-refractivity contribution in [3.05, 3.63) is 146 Å². The summed E-state index contributed by atoms with van der Waals surface area (Å²) in [6.07, 6.45) is 2.59. The van der Waals surface area contributed by atoms with E-state index >= 15 is 0 Å². The number of aryl methyl sites for hydroxylation is 4. The third-order valence-electron chi connectivity index (χ3n) is 13.4. The minimum Gasteiger partial charge on any atom is -1.00 e. The van der Waals surface area contributed by atoms with Crippen molar-refractivity contribution >= 4 is 24.0 Å². The molecule has 0 bridgehead atoms. The van der Waals surface area contributed by atoms with E-state index in [0.29, 0.717) is 65.6 Å². The molecule has 4 aliphatic rings. The molecule has 2 aromatic heterocycles. The van der Waals surface area contributed by atoms with Gasteiger partial charge < -0.3 is 31.6 Å². The van der Waals surface area contributed by atoms with Crippen LogP contribution in [0.25, 0.3) is 22.5 Å². The van der Waals surface area contributed by atoms with Crippen LogP contribution in [-0.4, -0.2) is 101 Å². The number of halogens is 1. The maximum absolute atomic E-state index is 14.6. The summed E-state index contributed by atoms with van der Waals surface area (Å²) in [5.74, 6) is 0.172. The first-order valence-corrected chi connectivity index (χ1v) is 23.0. The van der Waals surface area contributed by atoms with Gasteiger partial charge >= 0.3 is 138 Å². The second-order valence-electron chi connectivity index (χ2n) is 17.9. The minimum atomic E-state index is -0.382. The predicted octanol–water partition coefficient (Wildman–Crippen LogP) is 1.75. The summed E-state index contributed by atoms with van der Waals surface area (Å²) in [6.45, 7) is 18.7. The van der Waals surface area contributed by atoms with Gasteiger partial charge in [-0.2, -0.15) is 20.7 Å². The predicted molar refractivity (Wildman–Crippen MR) is 265 cm³/mol. The molecule has 0 saturated carbocycles. The number of H-pyrrole nitrogens is 2. The second-order valence-corrected chi connectivity index (χ2v) is 17.9. The Morgan fingerprint density at radius 1 is 0.708 bits per heavy atom. The molecule has 10 rings (SSSR count). The smallest absolute Gasteiger partial charge is 1.00 e. The van der Waals surface area contributed by atoms with E-state index in [1.54, 1.807) is 30.0 Å². The van der Waals surface area contributed by atoms with Crippen molar-refractivity contribution < 1.29 is 168 Å². The van der Waals surface area contributed by atoms with Gasteiger partial charge in [-0.1, -0.05) is 31.7 Å². The zero-order valence-electron chi connectivity index (χ0n) is 42.8. The van der Waals surface area contributed by atoms with E-state index in [1.807, 2.05) is 75.1 Å². The van der Waals surface area contributed by atoms with Crippen LogP contribution >= 0.6 is 0 Å². The molecule has 0 unspecified atom stereocenters. The van der Waals surface area contributed by atoms with Gasteiger partial charge in [0.05, 0.1) is 34.7 Å². The van der Waals surface area contributed by atoms with Crippen LogP contribution in [0, 0.1) is 70.0 Å². The number of likely N-dealkylation sites (tertiary alicyclic amines) is 2. The fourth-order valence-corrected chi connectivity index (χ4v) is 8.40. The Balaban J connectivity index is 0.000000320. The van der Waals surface area contributed by atoms with Crippen molar-refractivity contribution in [1.82, 2.24) is 35.5 Å². The average molecular weight is 1210 g/mol. The van der Waals surface area contributed by atoms with Crippen LogP contribution in [0.1, 0.15) is 110 Å². The zero-order valence-corrected chi connectivity index (χ0v) is 54.3. The molecule has 4 saturated heterocycles.